The number of nitrogens with one attached hydrogen (secondary N) is 2. The number of nitrogens with zero attached hydrogens (tertiary/aromatic N) is 2. The van der Waals surface area contributed by atoms with Gasteiger partial charge in [-0.1, -0.05) is 30.3 Å². The molecule has 0 saturated heterocycles. The quantitative estimate of drug-likeness (QED) is 0.665. The summed E-state index contributed by atoms with van der Waals surface area (Å²) >= 11 is 0. The van der Waals surface area contributed by atoms with Crippen LogP contribution in [0.5, 0.6) is 0 Å². The fraction of sp³-hybridized carbons (Fsp3) is 0.118. The number of benzene rings is 1. The summed E-state index contributed by atoms with van der Waals surface area (Å²) in [6.45, 7) is 0. The molecule has 1 unspecified atom stereocenters. The molecule has 7 heteroatoms. The molecule has 2 amide bonds. The molecular weight excluding hydrogens is 306 g/mol. The Labute approximate surface area is 138 Å². The standard InChI is InChI=1S/C17H17N5O2/c1-22(17(24)13-9-12(10-21-13)15(18)23)14(16-19-7-8-20-16)11-5-3-2-4-6-11/h2-10,14,21H,1H3,(H2,18,23)(H,19,20). The lowest BCUT2D eigenvalue weighted by atomic mass is 10.0. The van der Waals surface area contributed by atoms with Crippen molar-refractivity contribution in [1.82, 2.24) is 19.9 Å². The lowest BCUT2D eigenvalue weighted by Gasteiger charge is -2.26. The third-order valence-corrected chi connectivity index (χ3v) is 3.80. The van der Waals surface area contributed by atoms with Gasteiger partial charge in [0.2, 0.25) is 5.91 Å². The Kier molecular flexibility index (Phi) is 4.15. The summed E-state index contributed by atoms with van der Waals surface area (Å²) in [5.74, 6) is -0.204. The van der Waals surface area contributed by atoms with Gasteiger partial charge in [0.15, 0.2) is 0 Å². The molecule has 2 heterocycles. The van der Waals surface area contributed by atoms with Gasteiger partial charge in [-0.3, -0.25) is 9.59 Å². The second-order valence-electron chi connectivity index (χ2n) is 5.37. The summed E-state index contributed by atoms with van der Waals surface area (Å²) in [6.07, 6.45) is 4.78. The van der Waals surface area contributed by atoms with E-state index in [4.69, 9.17) is 5.73 Å². The topological polar surface area (TPSA) is 108 Å². The first-order chi connectivity index (χ1) is 11.6. The van der Waals surface area contributed by atoms with Crippen molar-refractivity contribution in [2.75, 3.05) is 7.05 Å². The Hall–Kier alpha value is -3.35. The van der Waals surface area contributed by atoms with E-state index in [2.05, 4.69) is 15.0 Å². The number of rotatable bonds is 5. The van der Waals surface area contributed by atoms with E-state index in [1.54, 1.807) is 24.3 Å². The number of imidazole rings is 1. The Morgan fingerprint density at radius 1 is 1.21 bits per heavy atom. The molecule has 24 heavy (non-hydrogen) atoms. The molecule has 3 rings (SSSR count). The van der Waals surface area contributed by atoms with Gasteiger partial charge in [-0.05, 0) is 11.6 Å². The average molecular weight is 323 g/mol. The molecule has 1 aromatic carbocycles. The Bertz CT molecular complexity index is 839. The number of nitrogens with two attached hydrogens (primary N) is 1. The van der Waals surface area contributed by atoms with Crippen LogP contribution in [0.4, 0.5) is 0 Å². The van der Waals surface area contributed by atoms with Crippen molar-refractivity contribution in [1.29, 1.82) is 0 Å². The first-order valence-electron chi connectivity index (χ1n) is 7.37. The van der Waals surface area contributed by atoms with Gasteiger partial charge in [0, 0.05) is 25.6 Å². The van der Waals surface area contributed by atoms with Gasteiger partial charge < -0.3 is 20.6 Å². The minimum atomic E-state index is -0.585. The fourth-order valence-corrected chi connectivity index (χ4v) is 2.59. The van der Waals surface area contributed by atoms with E-state index >= 15 is 0 Å². The highest BCUT2D eigenvalue weighted by Gasteiger charge is 2.27. The lowest BCUT2D eigenvalue weighted by Crippen LogP contribution is -2.32. The third kappa shape index (κ3) is 2.91. The van der Waals surface area contributed by atoms with Gasteiger partial charge in [0.05, 0.1) is 5.56 Å². The van der Waals surface area contributed by atoms with Crippen LogP contribution in [-0.2, 0) is 0 Å². The molecule has 122 valence electrons. The highest BCUT2D eigenvalue weighted by atomic mass is 16.2. The maximum Gasteiger partial charge on any atom is 0.270 e. The third-order valence-electron chi connectivity index (χ3n) is 3.80. The fourth-order valence-electron chi connectivity index (χ4n) is 2.59. The number of H-pyrrole nitrogens is 2. The smallest absolute Gasteiger partial charge is 0.270 e. The summed E-state index contributed by atoms with van der Waals surface area (Å²) in [4.78, 5) is 35.7. The van der Waals surface area contributed by atoms with E-state index in [0.717, 1.165) is 5.56 Å². The molecule has 1 atom stereocenters. The average Bonchev–Trinajstić information content (AvgIpc) is 3.27. The largest absolute Gasteiger partial charge is 0.366 e. The van der Waals surface area contributed by atoms with Gasteiger partial charge in [-0.15, -0.1) is 0 Å². The van der Waals surface area contributed by atoms with Crippen LogP contribution in [0, 0.1) is 0 Å². The molecule has 2 aromatic heterocycles. The number of primary amides is 1. The van der Waals surface area contributed by atoms with Gasteiger partial charge in [0.25, 0.3) is 5.91 Å². The van der Waals surface area contributed by atoms with Gasteiger partial charge in [-0.2, -0.15) is 0 Å². The van der Waals surface area contributed by atoms with Crippen molar-refractivity contribution in [2.24, 2.45) is 5.73 Å². The van der Waals surface area contributed by atoms with Gasteiger partial charge in [0.1, 0.15) is 17.6 Å². The van der Waals surface area contributed by atoms with E-state index in [-0.39, 0.29) is 17.5 Å². The van der Waals surface area contributed by atoms with Crippen LogP contribution in [0.1, 0.15) is 38.3 Å². The molecule has 0 aliphatic heterocycles. The van der Waals surface area contributed by atoms with E-state index in [9.17, 15) is 9.59 Å². The minimum Gasteiger partial charge on any atom is -0.366 e. The normalized spacial score (nSPS) is 11.9. The maximum absolute atomic E-state index is 12.8. The first kappa shape index (κ1) is 15.5. The molecule has 0 saturated carbocycles. The van der Waals surface area contributed by atoms with Crippen molar-refractivity contribution >= 4 is 11.8 Å². The van der Waals surface area contributed by atoms with E-state index in [1.165, 1.54) is 12.3 Å². The van der Waals surface area contributed by atoms with E-state index in [1.807, 2.05) is 30.3 Å². The molecular formula is C17H17N5O2. The second-order valence-corrected chi connectivity index (χ2v) is 5.37. The Morgan fingerprint density at radius 3 is 2.54 bits per heavy atom. The molecule has 0 spiro atoms. The zero-order valence-corrected chi connectivity index (χ0v) is 13.1. The summed E-state index contributed by atoms with van der Waals surface area (Å²) in [5.41, 5.74) is 6.71. The molecule has 0 radical (unpaired) electrons. The molecule has 0 fully saturated rings. The number of aromatic amines is 2. The molecule has 0 aliphatic rings. The zero-order chi connectivity index (χ0) is 17.1. The van der Waals surface area contributed by atoms with Crippen LogP contribution in [0.25, 0.3) is 0 Å². The van der Waals surface area contributed by atoms with Crippen LogP contribution in [0.2, 0.25) is 0 Å². The van der Waals surface area contributed by atoms with Crippen molar-refractivity contribution in [3.8, 4) is 0 Å². The van der Waals surface area contributed by atoms with Gasteiger partial charge in [-0.25, -0.2) is 4.98 Å². The number of hydrogen-bond donors (Lipinski definition) is 3. The van der Waals surface area contributed by atoms with Crippen molar-refractivity contribution in [2.45, 2.75) is 6.04 Å². The summed E-state index contributed by atoms with van der Waals surface area (Å²) in [5, 5.41) is 0. The van der Waals surface area contributed by atoms with Crippen molar-refractivity contribution in [3.63, 3.8) is 0 Å². The van der Waals surface area contributed by atoms with Gasteiger partial charge >= 0.3 is 0 Å². The van der Waals surface area contributed by atoms with E-state index < -0.39 is 5.91 Å². The summed E-state index contributed by atoms with van der Waals surface area (Å²) < 4.78 is 0. The van der Waals surface area contributed by atoms with Crippen LogP contribution >= 0.6 is 0 Å². The SMILES string of the molecule is CN(C(=O)c1cc(C(N)=O)c[nH]1)C(c1ccccc1)c1ncc[nH]1. The van der Waals surface area contributed by atoms with Crippen molar-refractivity contribution < 1.29 is 9.59 Å². The molecule has 3 aromatic rings. The van der Waals surface area contributed by atoms with E-state index in [0.29, 0.717) is 11.5 Å². The number of carbonyl (C=O) groups excluding carboxylic acids is 2. The molecule has 0 aliphatic carbocycles. The number of hydrogen-bond acceptors (Lipinski definition) is 3. The maximum atomic E-state index is 12.8. The summed E-state index contributed by atoms with van der Waals surface area (Å²) in [7, 11) is 1.69. The number of amides is 2. The predicted molar refractivity (Wildman–Crippen MR) is 88.3 cm³/mol. The molecule has 7 nitrogen and oxygen atoms in total. The zero-order valence-electron chi connectivity index (χ0n) is 13.1. The second kappa shape index (κ2) is 6.41. The highest BCUT2D eigenvalue weighted by molar-refractivity contribution is 5.98. The van der Waals surface area contributed by atoms with Crippen molar-refractivity contribution in [3.05, 3.63) is 77.6 Å². The van der Waals surface area contributed by atoms with Crippen LogP contribution in [0.15, 0.2) is 55.0 Å². The monoisotopic (exact) mass is 323 g/mol. The molecule has 4 N–H and O–H groups in total. The Balaban J connectivity index is 1.95. The van der Waals surface area contributed by atoms with Crippen LogP contribution in [-0.4, -0.2) is 38.7 Å². The highest BCUT2D eigenvalue weighted by Crippen LogP contribution is 2.26. The number of carbonyl (C=O) groups is 2. The summed E-state index contributed by atoms with van der Waals surface area (Å²) in [6, 6.07) is 10.7. The predicted octanol–water partition coefficient (Wildman–Crippen LogP) is 1.70. The molecule has 0 bridgehead atoms. The van der Waals surface area contributed by atoms with Crippen LogP contribution in [0.3, 0.4) is 0 Å². The first-order valence-corrected chi connectivity index (χ1v) is 7.37. The lowest BCUT2D eigenvalue weighted by molar-refractivity contribution is 0.0745. The minimum absolute atomic E-state index is 0.265. The Morgan fingerprint density at radius 2 is 1.96 bits per heavy atom. The number of aromatic nitrogens is 3. The van der Waals surface area contributed by atoms with Crippen LogP contribution < -0.4 is 5.73 Å².